The standard InChI is InChI=1S/C14H14FN5O/c1-9(6-10-2-4-11(15)5-3-10)17-12-7-13-18-19-14(21)20(13)8-16-12/h2-5,7-9,17H,6H2,1H3,(H,19,21). The van der Waals surface area contributed by atoms with E-state index >= 15 is 0 Å². The summed E-state index contributed by atoms with van der Waals surface area (Å²) < 4.78 is 14.2. The maximum absolute atomic E-state index is 12.9. The summed E-state index contributed by atoms with van der Waals surface area (Å²) in [5, 5.41) is 9.47. The van der Waals surface area contributed by atoms with Crippen LogP contribution in [0.5, 0.6) is 0 Å². The third-order valence-corrected chi connectivity index (χ3v) is 3.16. The Bertz CT molecular complexity index is 808. The molecule has 1 unspecified atom stereocenters. The minimum absolute atomic E-state index is 0.107. The zero-order valence-corrected chi connectivity index (χ0v) is 11.4. The van der Waals surface area contributed by atoms with Crippen molar-refractivity contribution in [2.45, 2.75) is 19.4 Å². The molecule has 0 aliphatic heterocycles. The Morgan fingerprint density at radius 2 is 2.14 bits per heavy atom. The fourth-order valence-corrected chi connectivity index (χ4v) is 2.17. The Labute approximate surface area is 119 Å². The second-order valence-electron chi connectivity index (χ2n) is 4.91. The zero-order chi connectivity index (χ0) is 14.8. The first-order chi connectivity index (χ1) is 10.1. The van der Waals surface area contributed by atoms with Crippen LogP contribution in [0.25, 0.3) is 5.65 Å². The molecule has 21 heavy (non-hydrogen) atoms. The van der Waals surface area contributed by atoms with Gasteiger partial charge in [-0.25, -0.2) is 23.7 Å². The SMILES string of the molecule is CC(Cc1ccc(F)cc1)Nc1cc2n[nH]c(=O)n2cn1. The van der Waals surface area contributed by atoms with E-state index in [1.54, 1.807) is 18.2 Å². The van der Waals surface area contributed by atoms with Gasteiger partial charge in [0.15, 0.2) is 5.65 Å². The zero-order valence-electron chi connectivity index (χ0n) is 11.4. The quantitative estimate of drug-likeness (QED) is 0.764. The molecule has 2 aromatic heterocycles. The van der Waals surface area contributed by atoms with Gasteiger partial charge in [0.05, 0.1) is 0 Å². The van der Waals surface area contributed by atoms with Crippen molar-refractivity contribution in [2.75, 3.05) is 5.32 Å². The van der Waals surface area contributed by atoms with Crippen molar-refractivity contribution >= 4 is 11.5 Å². The summed E-state index contributed by atoms with van der Waals surface area (Å²) in [6.45, 7) is 2.01. The maximum Gasteiger partial charge on any atom is 0.348 e. The summed E-state index contributed by atoms with van der Waals surface area (Å²) in [6.07, 6.45) is 2.16. The highest BCUT2D eigenvalue weighted by Crippen LogP contribution is 2.10. The molecule has 3 aromatic rings. The number of anilines is 1. The van der Waals surface area contributed by atoms with Crippen molar-refractivity contribution in [3.05, 3.63) is 58.5 Å². The molecule has 1 atom stereocenters. The van der Waals surface area contributed by atoms with E-state index in [9.17, 15) is 9.18 Å². The highest BCUT2D eigenvalue weighted by atomic mass is 19.1. The number of aromatic amines is 1. The average molecular weight is 287 g/mol. The summed E-state index contributed by atoms with van der Waals surface area (Å²) in [5.74, 6) is 0.395. The lowest BCUT2D eigenvalue weighted by molar-refractivity contribution is 0.626. The van der Waals surface area contributed by atoms with Gasteiger partial charge in [0, 0.05) is 12.1 Å². The van der Waals surface area contributed by atoms with E-state index in [1.807, 2.05) is 6.92 Å². The Morgan fingerprint density at radius 1 is 1.38 bits per heavy atom. The molecule has 0 aliphatic carbocycles. The van der Waals surface area contributed by atoms with Crippen LogP contribution >= 0.6 is 0 Å². The number of aromatic nitrogens is 4. The van der Waals surface area contributed by atoms with Crippen molar-refractivity contribution in [3.8, 4) is 0 Å². The van der Waals surface area contributed by atoms with Crippen molar-refractivity contribution in [3.63, 3.8) is 0 Å². The van der Waals surface area contributed by atoms with Crippen LogP contribution in [0.1, 0.15) is 12.5 Å². The van der Waals surface area contributed by atoms with E-state index in [4.69, 9.17) is 0 Å². The van der Waals surface area contributed by atoms with Crippen molar-refractivity contribution in [1.29, 1.82) is 0 Å². The van der Waals surface area contributed by atoms with E-state index in [-0.39, 0.29) is 17.5 Å². The minimum Gasteiger partial charge on any atom is -0.367 e. The largest absolute Gasteiger partial charge is 0.367 e. The molecule has 0 radical (unpaired) electrons. The van der Waals surface area contributed by atoms with E-state index in [0.717, 1.165) is 12.0 Å². The second kappa shape index (κ2) is 5.35. The first-order valence-corrected chi connectivity index (χ1v) is 6.55. The van der Waals surface area contributed by atoms with Crippen molar-refractivity contribution in [1.82, 2.24) is 19.6 Å². The molecule has 0 amide bonds. The molecule has 0 fully saturated rings. The predicted molar refractivity (Wildman–Crippen MR) is 76.8 cm³/mol. The monoisotopic (exact) mass is 287 g/mol. The Kier molecular flexibility index (Phi) is 3.39. The highest BCUT2D eigenvalue weighted by Gasteiger charge is 2.07. The number of hydrogen-bond donors (Lipinski definition) is 2. The summed E-state index contributed by atoms with van der Waals surface area (Å²) in [6, 6.07) is 8.22. The number of nitrogens with zero attached hydrogens (tertiary/aromatic N) is 3. The molecule has 7 heteroatoms. The number of H-pyrrole nitrogens is 1. The van der Waals surface area contributed by atoms with Gasteiger partial charge in [0.25, 0.3) is 0 Å². The van der Waals surface area contributed by atoms with Crippen LogP contribution in [-0.2, 0) is 6.42 Å². The van der Waals surface area contributed by atoms with Crippen molar-refractivity contribution < 1.29 is 4.39 Å². The van der Waals surface area contributed by atoms with Gasteiger partial charge < -0.3 is 5.32 Å². The van der Waals surface area contributed by atoms with Gasteiger partial charge in [-0.1, -0.05) is 12.1 Å². The molecule has 0 bridgehead atoms. The third-order valence-electron chi connectivity index (χ3n) is 3.16. The van der Waals surface area contributed by atoms with Crippen molar-refractivity contribution in [2.24, 2.45) is 0 Å². The molecule has 0 saturated carbocycles. The highest BCUT2D eigenvalue weighted by molar-refractivity contribution is 5.48. The number of benzene rings is 1. The van der Waals surface area contributed by atoms with E-state index in [1.165, 1.54) is 22.9 Å². The number of halogens is 1. The van der Waals surface area contributed by atoms with Gasteiger partial charge in [-0.2, -0.15) is 5.10 Å². The Morgan fingerprint density at radius 3 is 2.90 bits per heavy atom. The number of rotatable bonds is 4. The summed E-state index contributed by atoms with van der Waals surface area (Å²) in [7, 11) is 0. The second-order valence-corrected chi connectivity index (χ2v) is 4.91. The van der Waals surface area contributed by atoms with Crippen LogP contribution in [-0.4, -0.2) is 25.6 Å². The molecule has 6 nitrogen and oxygen atoms in total. The van der Waals surface area contributed by atoms with E-state index < -0.39 is 0 Å². The van der Waals surface area contributed by atoms with Crippen LogP contribution < -0.4 is 11.0 Å². The molecule has 1 aromatic carbocycles. The van der Waals surface area contributed by atoms with Gasteiger partial charge in [0.2, 0.25) is 0 Å². The molecule has 108 valence electrons. The summed E-state index contributed by atoms with van der Waals surface area (Å²) in [4.78, 5) is 15.5. The molecule has 2 heterocycles. The van der Waals surface area contributed by atoms with Crippen LogP contribution in [0.2, 0.25) is 0 Å². The van der Waals surface area contributed by atoms with Gasteiger partial charge in [-0.3, -0.25) is 0 Å². The van der Waals surface area contributed by atoms with Gasteiger partial charge in [-0.15, -0.1) is 0 Å². The number of nitrogens with one attached hydrogen (secondary N) is 2. The van der Waals surface area contributed by atoms with Gasteiger partial charge in [0.1, 0.15) is 18.0 Å². The van der Waals surface area contributed by atoms with E-state index in [2.05, 4.69) is 20.5 Å². The van der Waals surface area contributed by atoms with Crippen LogP contribution in [0, 0.1) is 5.82 Å². The van der Waals surface area contributed by atoms with Gasteiger partial charge >= 0.3 is 5.69 Å². The normalized spacial score (nSPS) is 12.5. The average Bonchev–Trinajstić information content (AvgIpc) is 2.82. The number of hydrogen-bond acceptors (Lipinski definition) is 4. The minimum atomic E-state index is -0.316. The fraction of sp³-hybridized carbons (Fsp3) is 0.214. The Balaban J connectivity index is 1.72. The lowest BCUT2D eigenvalue weighted by atomic mass is 10.1. The van der Waals surface area contributed by atoms with Crippen LogP contribution in [0.15, 0.2) is 41.5 Å². The summed E-state index contributed by atoms with van der Waals surface area (Å²) >= 11 is 0. The third kappa shape index (κ3) is 2.91. The first kappa shape index (κ1) is 13.3. The number of fused-ring (bicyclic) bond motifs is 1. The molecule has 3 rings (SSSR count). The van der Waals surface area contributed by atoms with Crippen LogP contribution in [0.3, 0.4) is 0 Å². The fourth-order valence-electron chi connectivity index (χ4n) is 2.17. The maximum atomic E-state index is 12.9. The van der Waals surface area contributed by atoms with Crippen LogP contribution in [0.4, 0.5) is 10.2 Å². The molecule has 0 aliphatic rings. The molecule has 2 N–H and O–H groups in total. The molecular formula is C14H14FN5O. The van der Waals surface area contributed by atoms with E-state index in [0.29, 0.717) is 11.5 Å². The molecule has 0 saturated heterocycles. The molecular weight excluding hydrogens is 273 g/mol. The molecule has 0 spiro atoms. The Hall–Kier alpha value is -2.70. The van der Waals surface area contributed by atoms with Gasteiger partial charge in [-0.05, 0) is 31.0 Å². The first-order valence-electron chi connectivity index (χ1n) is 6.55. The lowest BCUT2D eigenvalue weighted by Gasteiger charge is -2.14. The summed E-state index contributed by atoms with van der Waals surface area (Å²) in [5.41, 5.74) is 1.23. The smallest absolute Gasteiger partial charge is 0.348 e. The lowest BCUT2D eigenvalue weighted by Crippen LogP contribution is -2.19. The predicted octanol–water partition coefficient (Wildman–Crippen LogP) is 1.60. The topological polar surface area (TPSA) is 75.1 Å².